The van der Waals surface area contributed by atoms with Crippen LogP contribution >= 0.6 is 11.6 Å². The average molecular weight is 414 g/mol. The molecule has 3 aromatic rings. The fraction of sp³-hybridized carbons (Fsp3) is 0.364. The molecule has 1 aromatic heterocycles. The van der Waals surface area contributed by atoms with Crippen molar-refractivity contribution in [1.82, 2.24) is 14.7 Å². The van der Waals surface area contributed by atoms with Gasteiger partial charge >= 0.3 is 5.97 Å². The molecule has 0 bridgehead atoms. The van der Waals surface area contributed by atoms with Crippen LogP contribution in [0.1, 0.15) is 24.8 Å². The molecular formula is C22H24ClN3O3. The van der Waals surface area contributed by atoms with E-state index in [2.05, 4.69) is 5.10 Å². The lowest BCUT2D eigenvalue weighted by atomic mass is 10.2. The number of benzene rings is 2. The molecule has 0 aliphatic carbocycles. The van der Waals surface area contributed by atoms with E-state index in [9.17, 15) is 9.90 Å². The summed E-state index contributed by atoms with van der Waals surface area (Å²) in [5, 5.41) is 15.6. The van der Waals surface area contributed by atoms with Gasteiger partial charge in [0.05, 0.1) is 24.1 Å². The van der Waals surface area contributed by atoms with Gasteiger partial charge in [0.15, 0.2) is 0 Å². The number of halogens is 1. The molecule has 0 radical (unpaired) electrons. The number of nitrogens with zero attached hydrogens (tertiary/aromatic N) is 3. The molecule has 2 heterocycles. The normalized spacial score (nSPS) is 17.1. The van der Waals surface area contributed by atoms with Gasteiger partial charge in [-0.15, -0.1) is 5.10 Å². The Morgan fingerprint density at radius 1 is 1.21 bits per heavy atom. The zero-order valence-electron chi connectivity index (χ0n) is 16.1. The molecule has 0 unspecified atom stereocenters. The first kappa shape index (κ1) is 19.7. The van der Waals surface area contributed by atoms with Crippen LogP contribution in [-0.2, 0) is 11.3 Å². The minimum Gasteiger partial charge on any atom is -0.480 e. The van der Waals surface area contributed by atoms with Crippen molar-refractivity contribution >= 4 is 28.5 Å². The number of para-hydroxylation sites is 1. The molecule has 1 aliphatic rings. The topological polar surface area (TPSA) is 67.6 Å². The molecule has 1 saturated heterocycles. The zero-order chi connectivity index (χ0) is 20.2. The van der Waals surface area contributed by atoms with Crippen molar-refractivity contribution in [3.63, 3.8) is 0 Å². The number of fused-ring (bicyclic) bond motifs is 1. The van der Waals surface area contributed by atoms with Gasteiger partial charge in [-0.05, 0) is 55.6 Å². The Bertz CT molecular complexity index is 987. The summed E-state index contributed by atoms with van der Waals surface area (Å²) in [7, 11) is 0. The van der Waals surface area contributed by atoms with E-state index in [-0.39, 0.29) is 6.04 Å². The van der Waals surface area contributed by atoms with Crippen molar-refractivity contribution in [1.29, 1.82) is 0 Å². The van der Waals surface area contributed by atoms with Gasteiger partial charge in [-0.25, -0.2) is 0 Å². The second-order valence-electron chi connectivity index (χ2n) is 7.34. The molecule has 0 saturated carbocycles. The summed E-state index contributed by atoms with van der Waals surface area (Å²) in [6, 6.07) is 15.4. The predicted octanol–water partition coefficient (Wildman–Crippen LogP) is 4.06. The van der Waals surface area contributed by atoms with Gasteiger partial charge in [-0.1, -0.05) is 35.9 Å². The number of hydrogen-bond donors (Lipinski definition) is 1. The highest BCUT2D eigenvalue weighted by Gasteiger charge is 2.29. The summed E-state index contributed by atoms with van der Waals surface area (Å²) in [4.78, 5) is 13.3. The Kier molecular flexibility index (Phi) is 6.02. The number of carbonyl (C=O) groups is 1. The van der Waals surface area contributed by atoms with Crippen molar-refractivity contribution in [2.75, 3.05) is 19.7 Å². The third-order valence-corrected chi connectivity index (χ3v) is 5.60. The maximum absolute atomic E-state index is 11.3. The van der Waals surface area contributed by atoms with Crippen molar-refractivity contribution in [3.05, 3.63) is 59.1 Å². The van der Waals surface area contributed by atoms with Crippen LogP contribution in [0.15, 0.2) is 48.5 Å². The quantitative estimate of drug-likeness (QED) is 0.564. The number of likely N-dealkylation sites (tertiary alicyclic amines) is 1. The minimum absolute atomic E-state index is 0.352. The van der Waals surface area contributed by atoms with Gasteiger partial charge in [0.2, 0.25) is 5.88 Å². The Morgan fingerprint density at radius 3 is 2.79 bits per heavy atom. The van der Waals surface area contributed by atoms with Gasteiger partial charge < -0.3 is 9.84 Å². The third kappa shape index (κ3) is 4.54. The summed E-state index contributed by atoms with van der Waals surface area (Å²) < 4.78 is 7.92. The standard InChI is InChI=1S/C22H24ClN3O3/c23-17-10-8-16(9-11-17)15-26-19-6-2-1-5-18(19)21(24-26)29-14-4-13-25-12-3-7-20(25)22(27)28/h1-2,5-6,8-11,20H,3-4,7,12-15H2,(H,27,28)/t20-/m1/s1. The Labute approximate surface area is 174 Å². The Hall–Kier alpha value is -2.57. The molecule has 6 nitrogen and oxygen atoms in total. The highest BCUT2D eigenvalue weighted by molar-refractivity contribution is 6.30. The molecule has 1 atom stereocenters. The molecule has 4 rings (SSSR count). The van der Waals surface area contributed by atoms with Crippen molar-refractivity contribution in [2.45, 2.75) is 31.8 Å². The second kappa shape index (κ2) is 8.84. The number of aromatic nitrogens is 2. The number of aliphatic carboxylic acids is 1. The molecule has 2 aromatic carbocycles. The first-order chi connectivity index (χ1) is 14.1. The number of ether oxygens (including phenoxy) is 1. The molecule has 1 N–H and O–H groups in total. The molecule has 7 heteroatoms. The average Bonchev–Trinajstić information content (AvgIpc) is 3.32. The summed E-state index contributed by atoms with van der Waals surface area (Å²) >= 11 is 5.98. The lowest BCUT2D eigenvalue weighted by molar-refractivity contribution is -0.142. The first-order valence-corrected chi connectivity index (χ1v) is 10.3. The van der Waals surface area contributed by atoms with Crippen molar-refractivity contribution in [3.8, 4) is 5.88 Å². The van der Waals surface area contributed by atoms with Crippen LogP contribution in [0.3, 0.4) is 0 Å². The predicted molar refractivity (Wildman–Crippen MR) is 113 cm³/mol. The van der Waals surface area contributed by atoms with E-state index in [4.69, 9.17) is 16.3 Å². The van der Waals surface area contributed by atoms with Crippen LogP contribution in [0, 0.1) is 0 Å². The minimum atomic E-state index is -0.727. The van der Waals surface area contributed by atoms with Crippen molar-refractivity contribution in [2.24, 2.45) is 0 Å². The maximum Gasteiger partial charge on any atom is 0.320 e. The van der Waals surface area contributed by atoms with Crippen LogP contribution in [0.25, 0.3) is 10.9 Å². The fourth-order valence-corrected chi connectivity index (χ4v) is 4.02. The van der Waals surface area contributed by atoms with E-state index < -0.39 is 5.97 Å². The van der Waals surface area contributed by atoms with Gasteiger partial charge in [-0.3, -0.25) is 14.4 Å². The van der Waals surface area contributed by atoms with Gasteiger partial charge in [0.1, 0.15) is 6.04 Å². The number of hydrogen-bond acceptors (Lipinski definition) is 4. The lowest BCUT2D eigenvalue weighted by Gasteiger charge is -2.20. The van der Waals surface area contributed by atoms with Crippen LogP contribution in [-0.4, -0.2) is 51.5 Å². The molecule has 1 aliphatic heterocycles. The number of rotatable bonds is 8. The summed E-state index contributed by atoms with van der Waals surface area (Å²) in [5.74, 6) is -0.110. The lowest BCUT2D eigenvalue weighted by Crippen LogP contribution is -2.36. The van der Waals surface area contributed by atoms with E-state index >= 15 is 0 Å². The zero-order valence-corrected chi connectivity index (χ0v) is 16.9. The van der Waals surface area contributed by atoms with E-state index in [1.807, 2.05) is 58.1 Å². The molecule has 1 fully saturated rings. The van der Waals surface area contributed by atoms with Gasteiger partial charge in [0, 0.05) is 11.6 Å². The first-order valence-electron chi connectivity index (χ1n) is 9.91. The molecule has 0 spiro atoms. The van der Waals surface area contributed by atoms with E-state index in [1.165, 1.54) is 0 Å². The molecule has 29 heavy (non-hydrogen) atoms. The maximum atomic E-state index is 11.3. The summed E-state index contributed by atoms with van der Waals surface area (Å²) in [6.07, 6.45) is 2.44. The molecular weight excluding hydrogens is 390 g/mol. The fourth-order valence-electron chi connectivity index (χ4n) is 3.90. The number of carboxylic acids is 1. The summed E-state index contributed by atoms with van der Waals surface area (Å²) in [5.41, 5.74) is 2.13. The molecule has 0 amide bonds. The third-order valence-electron chi connectivity index (χ3n) is 5.35. The highest BCUT2D eigenvalue weighted by atomic mass is 35.5. The van der Waals surface area contributed by atoms with E-state index in [1.54, 1.807) is 0 Å². The van der Waals surface area contributed by atoms with E-state index in [0.717, 1.165) is 48.8 Å². The largest absolute Gasteiger partial charge is 0.480 e. The van der Waals surface area contributed by atoms with Crippen LogP contribution in [0.2, 0.25) is 5.02 Å². The van der Waals surface area contributed by atoms with Crippen LogP contribution in [0.5, 0.6) is 5.88 Å². The van der Waals surface area contributed by atoms with Crippen LogP contribution in [0.4, 0.5) is 0 Å². The number of carboxylic acid groups (broad SMARTS) is 1. The Balaban J connectivity index is 1.41. The Morgan fingerprint density at radius 2 is 2.00 bits per heavy atom. The van der Waals surface area contributed by atoms with Crippen molar-refractivity contribution < 1.29 is 14.6 Å². The molecule has 152 valence electrons. The van der Waals surface area contributed by atoms with E-state index in [0.29, 0.717) is 24.1 Å². The van der Waals surface area contributed by atoms with Gasteiger partial charge in [-0.2, -0.15) is 0 Å². The SMILES string of the molecule is O=C(O)[C@H]1CCCN1CCCOc1nn(Cc2ccc(Cl)cc2)c2ccccc12. The monoisotopic (exact) mass is 413 g/mol. The van der Waals surface area contributed by atoms with Gasteiger partial charge in [0.25, 0.3) is 0 Å². The second-order valence-corrected chi connectivity index (χ2v) is 7.78. The summed E-state index contributed by atoms with van der Waals surface area (Å²) in [6.45, 7) is 2.70. The smallest absolute Gasteiger partial charge is 0.320 e. The van der Waals surface area contributed by atoms with Crippen LogP contribution < -0.4 is 4.74 Å². The highest BCUT2D eigenvalue weighted by Crippen LogP contribution is 2.26.